The minimum absolute atomic E-state index is 0.00761. The van der Waals surface area contributed by atoms with E-state index < -0.39 is 0 Å². The molecule has 0 aliphatic carbocycles. The van der Waals surface area contributed by atoms with Crippen LogP contribution in [0.4, 0.5) is 0 Å². The Bertz CT molecular complexity index is 1090. The first-order valence-electron chi connectivity index (χ1n) is 10.5. The quantitative estimate of drug-likeness (QED) is 0.660. The van der Waals surface area contributed by atoms with Gasteiger partial charge in [0.05, 0.1) is 11.7 Å². The Morgan fingerprint density at radius 1 is 1.27 bits per heavy atom. The summed E-state index contributed by atoms with van der Waals surface area (Å²) in [4.78, 5) is 34.0. The van der Waals surface area contributed by atoms with E-state index in [-0.39, 0.29) is 23.9 Å². The first kappa shape index (κ1) is 20.8. The number of nitrogens with zero attached hydrogens (tertiary/aromatic N) is 3. The van der Waals surface area contributed by atoms with Crippen molar-refractivity contribution in [3.63, 3.8) is 0 Å². The highest BCUT2D eigenvalue weighted by molar-refractivity contribution is 7.18. The van der Waals surface area contributed by atoms with E-state index in [0.29, 0.717) is 11.9 Å². The monoisotopic (exact) mass is 424 g/mol. The third kappa shape index (κ3) is 4.63. The van der Waals surface area contributed by atoms with Gasteiger partial charge < -0.3 is 5.32 Å². The summed E-state index contributed by atoms with van der Waals surface area (Å²) in [5, 5.41) is 3.85. The molecule has 30 heavy (non-hydrogen) atoms. The lowest BCUT2D eigenvalue weighted by atomic mass is 10.0. The smallest absolute Gasteiger partial charge is 0.262 e. The Labute approximate surface area is 180 Å². The molecule has 1 amide bonds. The molecule has 6 nitrogen and oxygen atoms in total. The van der Waals surface area contributed by atoms with Crippen molar-refractivity contribution in [2.45, 2.75) is 52.2 Å². The average molecular weight is 425 g/mol. The number of fused-ring (bicyclic) bond motifs is 1. The molecule has 3 aromatic rings. The lowest BCUT2D eigenvalue weighted by Gasteiger charge is -2.33. The van der Waals surface area contributed by atoms with Crippen LogP contribution in [-0.2, 0) is 17.9 Å². The molecule has 1 aromatic carbocycles. The van der Waals surface area contributed by atoms with Crippen molar-refractivity contribution in [3.05, 3.63) is 63.0 Å². The van der Waals surface area contributed by atoms with E-state index in [2.05, 4.69) is 39.5 Å². The van der Waals surface area contributed by atoms with Crippen LogP contribution in [-0.4, -0.2) is 39.5 Å². The second-order valence-electron chi connectivity index (χ2n) is 8.08. The zero-order chi connectivity index (χ0) is 21.1. The maximum absolute atomic E-state index is 12.8. The van der Waals surface area contributed by atoms with Gasteiger partial charge in [0, 0.05) is 37.0 Å². The van der Waals surface area contributed by atoms with E-state index in [9.17, 15) is 9.59 Å². The highest BCUT2D eigenvalue weighted by Gasteiger charge is 2.21. The molecule has 1 unspecified atom stereocenters. The number of likely N-dealkylation sites (tertiary alicyclic amines) is 1. The summed E-state index contributed by atoms with van der Waals surface area (Å²) in [7, 11) is 0. The molecule has 3 heterocycles. The molecule has 1 N–H and O–H groups in total. The van der Waals surface area contributed by atoms with Gasteiger partial charge in [0.15, 0.2) is 0 Å². The van der Waals surface area contributed by atoms with Crippen LogP contribution in [0, 0.1) is 13.8 Å². The summed E-state index contributed by atoms with van der Waals surface area (Å²) in [5.41, 5.74) is 2.24. The number of nitrogens with one attached hydrogen (secondary N) is 1. The zero-order valence-corrected chi connectivity index (χ0v) is 18.4. The molecule has 1 aliphatic rings. The largest absolute Gasteiger partial charge is 0.352 e. The predicted molar refractivity (Wildman–Crippen MR) is 121 cm³/mol. The van der Waals surface area contributed by atoms with Crippen molar-refractivity contribution >= 4 is 27.5 Å². The molecule has 0 saturated carbocycles. The standard InChI is InChI=1S/C23H28N4O2S/c1-16-17(2)30-22-21(16)23(29)27(15-24-22)12-10-20(28)25-19-9-6-11-26(14-19)13-18-7-4-3-5-8-18/h3-5,7-8,15,19H,6,9-14H2,1-2H3,(H,25,28). The van der Waals surface area contributed by atoms with Gasteiger partial charge in [-0.1, -0.05) is 30.3 Å². The van der Waals surface area contributed by atoms with Crippen LogP contribution in [0.1, 0.15) is 35.3 Å². The molecular formula is C23H28N4O2S. The number of rotatable bonds is 6. The number of aryl methyl sites for hydroxylation is 3. The molecule has 1 atom stereocenters. The van der Waals surface area contributed by atoms with Gasteiger partial charge in [-0.25, -0.2) is 4.98 Å². The first-order valence-corrected chi connectivity index (χ1v) is 11.3. The summed E-state index contributed by atoms with van der Waals surface area (Å²) in [6.45, 7) is 7.14. The van der Waals surface area contributed by atoms with E-state index in [0.717, 1.165) is 47.7 Å². The topological polar surface area (TPSA) is 67.2 Å². The van der Waals surface area contributed by atoms with Crippen molar-refractivity contribution in [1.82, 2.24) is 19.8 Å². The van der Waals surface area contributed by atoms with Crippen LogP contribution in [0.2, 0.25) is 0 Å². The maximum atomic E-state index is 12.8. The van der Waals surface area contributed by atoms with Crippen molar-refractivity contribution in [1.29, 1.82) is 0 Å². The molecule has 4 rings (SSSR count). The Morgan fingerprint density at radius 3 is 2.87 bits per heavy atom. The summed E-state index contributed by atoms with van der Waals surface area (Å²) in [6.07, 6.45) is 3.92. The minimum atomic E-state index is -0.0543. The fourth-order valence-corrected chi connectivity index (χ4v) is 5.10. The van der Waals surface area contributed by atoms with Crippen LogP contribution in [0.25, 0.3) is 10.2 Å². The maximum Gasteiger partial charge on any atom is 0.262 e. The third-order valence-electron chi connectivity index (χ3n) is 5.86. The van der Waals surface area contributed by atoms with Gasteiger partial charge >= 0.3 is 0 Å². The zero-order valence-electron chi connectivity index (χ0n) is 17.6. The average Bonchev–Trinajstić information content (AvgIpc) is 3.03. The van der Waals surface area contributed by atoms with Gasteiger partial charge in [-0.2, -0.15) is 0 Å². The second kappa shape index (κ2) is 9.10. The molecule has 2 aromatic heterocycles. The van der Waals surface area contributed by atoms with Crippen LogP contribution in [0.15, 0.2) is 41.5 Å². The third-order valence-corrected chi connectivity index (χ3v) is 6.97. The van der Waals surface area contributed by atoms with Gasteiger partial charge in [-0.05, 0) is 44.4 Å². The number of carbonyl (C=O) groups excluding carboxylic acids is 1. The van der Waals surface area contributed by atoms with E-state index in [4.69, 9.17) is 0 Å². The number of thiophene rings is 1. The molecule has 158 valence electrons. The van der Waals surface area contributed by atoms with Crippen molar-refractivity contribution in [2.75, 3.05) is 13.1 Å². The summed E-state index contributed by atoms with van der Waals surface area (Å²) < 4.78 is 1.56. The number of hydrogen-bond donors (Lipinski definition) is 1. The molecular weight excluding hydrogens is 396 g/mol. The van der Waals surface area contributed by atoms with Gasteiger partial charge in [0.2, 0.25) is 5.91 Å². The van der Waals surface area contributed by atoms with Gasteiger partial charge in [0.1, 0.15) is 4.83 Å². The van der Waals surface area contributed by atoms with Crippen molar-refractivity contribution in [3.8, 4) is 0 Å². The van der Waals surface area contributed by atoms with Crippen LogP contribution in [0.5, 0.6) is 0 Å². The van der Waals surface area contributed by atoms with Gasteiger partial charge in [-0.15, -0.1) is 11.3 Å². The lowest BCUT2D eigenvalue weighted by molar-refractivity contribution is -0.122. The highest BCUT2D eigenvalue weighted by atomic mass is 32.1. The number of carbonyl (C=O) groups is 1. The Hall–Kier alpha value is -2.51. The van der Waals surface area contributed by atoms with Gasteiger partial charge in [-0.3, -0.25) is 19.1 Å². The fraction of sp³-hybridized carbons (Fsp3) is 0.435. The molecule has 1 fully saturated rings. The van der Waals surface area contributed by atoms with Crippen molar-refractivity contribution in [2.24, 2.45) is 0 Å². The van der Waals surface area contributed by atoms with Gasteiger partial charge in [0.25, 0.3) is 5.56 Å². The number of piperidine rings is 1. The molecule has 0 radical (unpaired) electrons. The first-order chi connectivity index (χ1) is 14.5. The summed E-state index contributed by atoms with van der Waals surface area (Å²) in [6, 6.07) is 10.6. The summed E-state index contributed by atoms with van der Waals surface area (Å²) in [5.74, 6) is -0.00761. The lowest BCUT2D eigenvalue weighted by Crippen LogP contribution is -2.47. The van der Waals surface area contributed by atoms with Crippen LogP contribution >= 0.6 is 11.3 Å². The molecule has 1 aliphatic heterocycles. The highest BCUT2D eigenvalue weighted by Crippen LogP contribution is 2.25. The van der Waals surface area contributed by atoms with Crippen LogP contribution < -0.4 is 10.9 Å². The van der Waals surface area contributed by atoms with Crippen LogP contribution in [0.3, 0.4) is 0 Å². The molecule has 7 heteroatoms. The number of hydrogen-bond acceptors (Lipinski definition) is 5. The normalized spacial score (nSPS) is 17.3. The Kier molecular flexibility index (Phi) is 6.29. The Morgan fingerprint density at radius 2 is 2.07 bits per heavy atom. The van der Waals surface area contributed by atoms with E-state index in [1.54, 1.807) is 22.2 Å². The molecule has 0 spiro atoms. The number of benzene rings is 1. The minimum Gasteiger partial charge on any atom is -0.352 e. The number of aromatic nitrogens is 2. The van der Waals surface area contributed by atoms with Crippen molar-refractivity contribution < 1.29 is 4.79 Å². The fourth-order valence-electron chi connectivity index (χ4n) is 4.11. The molecule has 1 saturated heterocycles. The molecule has 0 bridgehead atoms. The second-order valence-corrected chi connectivity index (χ2v) is 9.29. The van der Waals surface area contributed by atoms with E-state index in [1.807, 2.05) is 19.9 Å². The predicted octanol–water partition coefficient (Wildman–Crippen LogP) is 3.25. The van der Waals surface area contributed by atoms with E-state index in [1.165, 1.54) is 5.56 Å². The number of amides is 1. The van der Waals surface area contributed by atoms with E-state index >= 15 is 0 Å². The summed E-state index contributed by atoms with van der Waals surface area (Å²) >= 11 is 1.54. The SMILES string of the molecule is Cc1sc2ncn(CCC(=O)NC3CCCN(Cc4ccccc4)C3)c(=O)c2c1C. The Balaban J connectivity index is 1.32.